The molecule has 1 saturated heterocycles. The molecule has 0 aliphatic carbocycles. The van der Waals surface area contributed by atoms with E-state index >= 15 is 0 Å². The van der Waals surface area contributed by atoms with E-state index in [-0.39, 0.29) is 18.4 Å². The van der Waals surface area contributed by atoms with Gasteiger partial charge in [0.2, 0.25) is 5.91 Å². The summed E-state index contributed by atoms with van der Waals surface area (Å²) in [5, 5.41) is 2.74. The second-order valence-corrected chi connectivity index (χ2v) is 5.31. The fourth-order valence-electron chi connectivity index (χ4n) is 2.54. The molecule has 0 aromatic heterocycles. The van der Waals surface area contributed by atoms with Gasteiger partial charge >= 0.3 is 11.9 Å². The first-order chi connectivity index (χ1) is 9.33. The minimum Gasteiger partial charge on any atom is -0.469 e. The topological polar surface area (TPSA) is 84.9 Å². The van der Waals surface area contributed by atoms with Crippen molar-refractivity contribution in [3.05, 3.63) is 0 Å². The van der Waals surface area contributed by atoms with Crippen LogP contribution in [0.1, 0.15) is 19.8 Å². The molecule has 0 aromatic carbocycles. The van der Waals surface area contributed by atoms with Gasteiger partial charge in [-0.05, 0) is 26.9 Å². The number of hydrogen-bond acceptors (Lipinski definition) is 6. The van der Waals surface area contributed by atoms with Crippen molar-refractivity contribution in [3.63, 3.8) is 0 Å². The molecule has 0 aromatic rings. The zero-order valence-corrected chi connectivity index (χ0v) is 12.4. The van der Waals surface area contributed by atoms with Crippen molar-refractivity contribution in [1.82, 2.24) is 10.2 Å². The maximum Gasteiger partial charge on any atom is 0.315 e. The van der Waals surface area contributed by atoms with Gasteiger partial charge in [0.25, 0.3) is 0 Å². The van der Waals surface area contributed by atoms with Gasteiger partial charge in [-0.25, -0.2) is 0 Å². The van der Waals surface area contributed by atoms with Crippen LogP contribution in [-0.2, 0) is 23.9 Å². The highest BCUT2D eigenvalue weighted by molar-refractivity contribution is 5.94. The molecule has 7 heteroatoms. The zero-order chi connectivity index (χ0) is 15.3. The van der Waals surface area contributed by atoms with E-state index in [2.05, 4.69) is 10.1 Å². The van der Waals surface area contributed by atoms with Crippen LogP contribution in [0.3, 0.4) is 0 Å². The Hall–Kier alpha value is -1.63. The lowest BCUT2D eigenvalue weighted by molar-refractivity contribution is -0.157. The second kappa shape index (κ2) is 6.69. The predicted octanol–water partition coefficient (Wildman–Crippen LogP) is -0.451. The number of rotatable bonds is 4. The van der Waals surface area contributed by atoms with Crippen molar-refractivity contribution < 1.29 is 23.9 Å². The number of nitrogens with zero attached hydrogens (tertiary/aromatic N) is 1. The molecule has 20 heavy (non-hydrogen) atoms. The third kappa shape index (κ3) is 3.69. The minimum absolute atomic E-state index is 0.347. The van der Waals surface area contributed by atoms with E-state index in [1.54, 1.807) is 6.92 Å². The molecular weight excluding hydrogens is 264 g/mol. The Morgan fingerprint density at radius 2 is 1.95 bits per heavy atom. The van der Waals surface area contributed by atoms with Gasteiger partial charge in [0, 0.05) is 12.6 Å². The number of piperidine rings is 1. The molecule has 2 unspecified atom stereocenters. The molecule has 1 aliphatic rings. The predicted molar refractivity (Wildman–Crippen MR) is 70.8 cm³/mol. The van der Waals surface area contributed by atoms with E-state index in [9.17, 15) is 14.4 Å². The van der Waals surface area contributed by atoms with Crippen molar-refractivity contribution >= 4 is 17.8 Å². The standard InChI is InChI=1S/C13H22N2O5/c1-13(12(18)20-4)8-15(2)6-5-9(13)14-10(16)7-11(17)19-3/h9H,5-8H2,1-4H3,(H,14,16). The Morgan fingerprint density at radius 1 is 1.30 bits per heavy atom. The lowest BCUT2D eigenvalue weighted by Gasteiger charge is -2.43. The van der Waals surface area contributed by atoms with Gasteiger partial charge in [-0.2, -0.15) is 0 Å². The maximum atomic E-state index is 12.0. The smallest absolute Gasteiger partial charge is 0.315 e. The van der Waals surface area contributed by atoms with E-state index in [4.69, 9.17) is 4.74 Å². The summed E-state index contributed by atoms with van der Waals surface area (Å²) < 4.78 is 9.29. The Balaban J connectivity index is 2.77. The summed E-state index contributed by atoms with van der Waals surface area (Å²) in [4.78, 5) is 36.9. The molecule has 114 valence electrons. The van der Waals surface area contributed by atoms with Crippen molar-refractivity contribution in [2.24, 2.45) is 5.41 Å². The molecule has 7 nitrogen and oxygen atoms in total. The average Bonchev–Trinajstić information content (AvgIpc) is 2.40. The monoisotopic (exact) mass is 286 g/mol. The van der Waals surface area contributed by atoms with E-state index in [1.165, 1.54) is 14.2 Å². The van der Waals surface area contributed by atoms with Crippen LogP contribution in [0.25, 0.3) is 0 Å². The number of esters is 2. The van der Waals surface area contributed by atoms with Crippen molar-refractivity contribution in [3.8, 4) is 0 Å². The van der Waals surface area contributed by atoms with Gasteiger partial charge in [-0.15, -0.1) is 0 Å². The quantitative estimate of drug-likeness (QED) is 0.556. The molecule has 0 radical (unpaired) electrons. The number of carbonyl (C=O) groups excluding carboxylic acids is 3. The Labute approximate surface area is 118 Å². The summed E-state index contributed by atoms with van der Waals surface area (Å²) in [6.45, 7) is 3.01. The van der Waals surface area contributed by atoms with E-state index in [0.29, 0.717) is 13.0 Å². The van der Waals surface area contributed by atoms with Crippen molar-refractivity contribution in [2.45, 2.75) is 25.8 Å². The highest BCUT2D eigenvalue weighted by atomic mass is 16.5. The van der Waals surface area contributed by atoms with Crippen LogP contribution in [0.5, 0.6) is 0 Å². The van der Waals surface area contributed by atoms with Crippen LogP contribution in [0, 0.1) is 5.41 Å². The molecule has 1 N–H and O–H groups in total. The lowest BCUT2D eigenvalue weighted by Crippen LogP contribution is -2.59. The van der Waals surface area contributed by atoms with Crippen molar-refractivity contribution in [2.75, 3.05) is 34.4 Å². The van der Waals surface area contributed by atoms with Gasteiger partial charge in [0.05, 0.1) is 19.6 Å². The van der Waals surface area contributed by atoms with Crippen molar-refractivity contribution in [1.29, 1.82) is 0 Å². The number of nitrogens with one attached hydrogen (secondary N) is 1. The van der Waals surface area contributed by atoms with Crippen LogP contribution >= 0.6 is 0 Å². The van der Waals surface area contributed by atoms with Crippen LogP contribution in [0.4, 0.5) is 0 Å². The van der Waals surface area contributed by atoms with Crippen LogP contribution < -0.4 is 5.32 Å². The number of ether oxygens (including phenoxy) is 2. The molecule has 0 saturated carbocycles. The number of likely N-dealkylation sites (tertiary alicyclic amines) is 1. The summed E-state index contributed by atoms with van der Waals surface area (Å²) in [5.74, 6) is -1.41. The number of amides is 1. The summed E-state index contributed by atoms with van der Waals surface area (Å²) in [5.41, 5.74) is -0.826. The highest BCUT2D eigenvalue weighted by Gasteiger charge is 2.46. The zero-order valence-electron chi connectivity index (χ0n) is 12.4. The molecule has 0 spiro atoms. The molecule has 1 fully saturated rings. The second-order valence-electron chi connectivity index (χ2n) is 5.31. The number of hydrogen-bond donors (Lipinski definition) is 1. The summed E-state index contributed by atoms with van der Waals surface area (Å²) in [6.07, 6.45) is 0.273. The first-order valence-corrected chi connectivity index (χ1v) is 6.46. The fourth-order valence-corrected chi connectivity index (χ4v) is 2.54. The number of methoxy groups -OCH3 is 2. The van der Waals surface area contributed by atoms with E-state index in [0.717, 1.165) is 6.54 Å². The molecule has 1 amide bonds. The normalized spacial score (nSPS) is 26.7. The highest BCUT2D eigenvalue weighted by Crippen LogP contribution is 2.30. The third-order valence-electron chi connectivity index (χ3n) is 3.69. The molecule has 0 bridgehead atoms. The van der Waals surface area contributed by atoms with Gasteiger partial charge in [0.15, 0.2) is 0 Å². The van der Waals surface area contributed by atoms with E-state index in [1.807, 2.05) is 11.9 Å². The molecular formula is C13H22N2O5. The third-order valence-corrected chi connectivity index (χ3v) is 3.69. The van der Waals surface area contributed by atoms with Gasteiger partial charge < -0.3 is 19.7 Å². The lowest BCUT2D eigenvalue weighted by atomic mass is 9.77. The maximum absolute atomic E-state index is 12.0. The summed E-state index contributed by atoms with van der Waals surface area (Å²) in [7, 11) is 4.47. The van der Waals surface area contributed by atoms with Crippen LogP contribution in [-0.4, -0.2) is 63.1 Å². The van der Waals surface area contributed by atoms with Gasteiger partial charge in [-0.1, -0.05) is 0 Å². The fraction of sp³-hybridized carbons (Fsp3) is 0.769. The minimum atomic E-state index is -0.826. The summed E-state index contributed by atoms with van der Waals surface area (Å²) >= 11 is 0. The first-order valence-electron chi connectivity index (χ1n) is 6.46. The summed E-state index contributed by atoms with van der Waals surface area (Å²) in [6, 6.07) is -0.358. The Morgan fingerprint density at radius 3 is 2.50 bits per heavy atom. The largest absolute Gasteiger partial charge is 0.469 e. The molecule has 1 aliphatic heterocycles. The van der Waals surface area contributed by atoms with Gasteiger partial charge in [0.1, 0.15) is 6.42 Å². The van der Waals surface area contributed by atoms with Crippen LogP contribution in [0.15, 0.2) is 0 Å². The number of carbonyl (C=O) groups is 3. The van der Waals surface area contributed by atoms with Gasteiger partial charge in [-0.3, -0.25) is 14.4 Å². The molecule has 1 heterocycles. The van der Waals surface area contributed by atoms with E-state index < -0.39 is 17.3 Å². The molecule has 1 rings (SSSR count). The Bertz CT molecular complexity index is 398. The van der Waals surface area contributed by atoms with Crippen LogP contribution in [0.2, 0.25) is 0 Å². The average molecular weight is 286 g/mol. The Kier molecular flexibility index (Phi) is 5.50. The molecule has 2 atom stereocenters. The first kappa shape index (κ1) is 16.4. The SMILES string of the molecule is COC(=O)CC(=O)NC1CCN(C)CC1(C)C(=O)OC.